The van der Waals surface area contributed by atoms with Crippen LogP contribution in [0.1, 0.15) is 98.8 Å². The monoisotopic (exact) mass is 445 g/mol. The highest BCUT2D eigenvalue weighted by Crippen LogP contribution is 2.67. The molecule has 0 aromatic heterocycles. The summed E-state index contributed by atoms with van der Waals surface area (Å²) >= 11 is 0. The Labute approximate surface area is 195 Å². The molecule has 182 valence electrons. The summed E-state index contributed by atoms with van der Waals surface area (Å²) in [5.41, 5.74) is 6.86. The van der Waals surface area contributed by atoms with E-state index in [1.807, 2.05) is 0 Å². The van der Waals surface area contributed by atoms with E-state index < -0.39 is 12.2 Å². The molecule has 4 heteroatoms. The lowest BCUT2D eigenvalue weighted by molar-refractivity contribution is -0.108. The minimum absolute atomic E-state index is 0.178. The molecule has 4 aliphatic rings. The summed E-state index contributed by atoms with van der Waals surface area (Å²) in [6.07, 6.45) is 12.7. The van der Waals surface area contributed by atoms with Crippen molar-refractivity contribution >= 4 is 6.09 Å². The molecule has 4 aliphatic carbocycles. The van der Waals surface area contributed by atoms with Gasteiger partial charge >= 0.3 is 6.09 Å². The minimum atomic E-state index is -0.729. The molecule has 4 nitrogen and oxygen atoms in total. The van der Waals surface area contributed by atoms with Crippen molar-refractivity contribution in [2.75, 3.05) is 0 Å². The number of fused-ring (bicyclic) bond motifs is 5. The molecule has 0 spiro atoms. The second kappa shape index (κ2) is 8.96. The van der Waals surface area contributed by atoms with Crippen LogP contribution in [0.2, 0.25) is 0 Å². The number of amides is 1. The van der Waals surface area contributed by atoms with Crippen molar-refractivity contribution < 1.29 is 14.6 Å². The number of aliphatic hydroxyl groups is 1. The van der Waals surface area contributed by atoms with Crippen molar-refractivity contribution in [3.8, 4) is 0 Å². The Morgan fingerprint density at radius 1 is 1.19 bits per heavy atom. The summed E-state index contributed by atoms with van der Waals surface area (Å²) in [7, 11) is 0. The SMILES string of the molecule is CC(C)CCC[C@@H](C)[C@H]1CC[C@H]2[C@@H]3CC=C4C[C@@H](OC(N)=O)CC(O)[C@]4(C)[C@H]3CC[C@]12C. The molecule has 0 radical (unpaired) electrons. The van der Waals surface area contributed by atoms with E-state index in [2.05, 4.69) is 40.7 Å². The molecule has 0 aromatic carbocycles. The van der Waals surface area contributed by atoms with E-state index in [9.17, 15) is 9.90 Å². The maximum atomic E-state index is 11.3. The Bertz CT molecular complexity index is 732. The number of carbonyl (C=O) groups excluding carboxylic acids is 1. The quantitative estimate of drug-likeness (QED) is 0.461. The van der Waals surface area contributed by atoms with Crippen LogP contribution in [-0.4, -0.2) is 23.4 Å². The summed E-state index contributed by atoms with van der Waals surface area (Å²) in [5, 5.41) is 11.3. The maximum Gasteiger partial charge on any atom is 0.404 e. The third-order valence-electron chi connectivity index (χ3n) is 10.6. The van der Waals surface area contributed by atoms with E-state index in [-0.39, 0.29) is 11.5 Å². The van der Waals surface area contributed by atoms with Crippen LogP contribution in [-0.2, 0) is 4.74 Å². The predicted molar refractivity (Wildman–Crippen MR) is 129 cm³/mol. The average molecular weight is 446 g/mol. The minimum Gasteiger partial charge on any atom is -0.446 e. The first kappa shape index (κ1) is 24.1. The van der Waals surface area contributed by atoms with Gasteiger partial charge in [-0.2, -0.15) is 0 Å². The molecule has 3 N–H and O–H groups in total. The first-order valence-electron chi connectivity index (χ1n) is 13.4. The number of nitrogens with two attached hydrogens (primary N) is 1. The van der Waals surface area contributed by atoms with Crippen LogP contribution in [0.3, 0.4) is 0 Å². The predicted octanol–water partition coefficient (Wildman–Crippen LogP) is 6.46. The molecule has 0 aliphatic heterocycles. The van der Waals surface area contributed by atoms with E-state index in [0.29, 0.717) is 23.7 Å². The number of hydrogen-bond acceptors (Lipinski definition) is 3. The van der Waals surface area contributed by atoms with Crippen LogP contribution in [0, 0.1) is 46.3 Å². The second-order valence-electron chi connectivity index (χ2n) is 12.7. The Morgan fingerprint density at radius 2 is 1.94 bits per heavy atom. The molecule has 0 saturated heterocycles. The van der Waals surface area contributed by atoms with Crippen molar-refractivity contribution in [2.24, 2.45) is 52.1 Å². The molecule has 1 amide bonds. The summed E-state index contributed by atoms with van der Waals surface area (Å²) in [6, 6.07) is 0. The number of primary amides is 1. The van der Waals surface area contributed by atoms with Crippen LogP contribution in [0.15, 0.2) is 11.6 Å². The Hall–Kier alpha value is -1.03. The molecule has 0 bridgehead atoms. The molecule has 3 saturated carbocycles. The Balaban J connectivity index is 1.50. The first-order chi connectivity index (χ1) is 15.1. The Morgan fingerprint density at radius 3 is 2.62 bits per heavy atom. The number of rotatable bonds is 6. The third kappa shape index (κ3) is 4.03. The summed E-state index contributed by atoms with van der Waals surface area (Å²) in [5.74, 6) is 4.48. The highest BCUT2D eigenvalue weighted by molar-refractivity contribution is 5.64. The van der Waals surface area contributed by atoms with Gasteiger partial charge < -0.3 is 15.6 Å². The Kier molecular flexibility index (Phi) is 6.75. The maximum absolute atomic E-state index is 11.3. The zero-order valence-electron chi connectivity index (χ0n) is 21.1. The van der Waals surface area contributed by atoms with Gasteiger partial charge in [-0.3, -0.25) is 0 Å². The van der Waals surface area contributed by atoms with Gasteiger partial charge in [0.15, 0.2) is 0 Å². The number of aliphatic hydroxyl groups excluding tert-OH is 1. The van der Waals surface area contributed by atoms with Crippen LogP contribution >= 0.6 is 0 Å². The van der Waals surface area contributed by atoms with Gasteiger partial charge in [-0.25, -0.2) is 4.79 Å². The van der Waals surface area contributed by atoms with Crippen molar-refractivity contribution in [3.63, 3.8) is 0 Å². The lowest BCUT2D eigenvalue weighted by Crippen LogP contribution is -2.56. The second-order valence-corrected chi connectivity index (χ2v) is 12.7. The van der Waals surface area contributed by atoms with Crippen molar-refractivity contribution in [3.05, 3.63) is 11.6 Å². The van der Waals surface area contributed by atoms with E-state index in [0.717, 1.165) is 36.5 Å². The summed E-state index contributed by atoms with van der Waals surface area (Å²) in [6.45, 7) is 12.1. The van der Waals surface area contributed by atoms with Crippen molar-refractivity contribution in [1.82, 2.24) is 0 Å². The molecule has 0 aromatic rings. The van der Waals surface area contributed by atoms with Crippen molar-refractivity contribution in [2.45, 2.75) is 111 Å². The fourth-order valence-electron chi connectivity index (χ4n) is 8.96. The van der Waals surface area contributed by atoms with Gasteiger partial charge in [0.2, 0.25) is 0 Å². The van der Waals surface area contributed by atoms with E-state index in [1.165, 1.54) is 50.5 Å². The fourth-order valence-corrected chi connectivity index (χ4v) is 8.96. The van der Waals surface area contributed by atoms with Gasteiger partial charge in [-0.05, 0) is 73.0 Å². The van der Waals surface area contributed by atoms with Crippen LogP contribution in [0.25, 0.3) is 0 Å². The summed E-state index contributed by atoms with van der Waals surface area (Å²) in [4.78, 5) is 11.3. The van der Waals surface area contributed by atoms with E-state index in [1.54, 1.807) is 0 Å². The topological polar surface area (TPSA) is 72.5 Å². The standard InChI is InChI=1S/C28H47NO3/c1-17(2)7-6-8-18(3)22-11-12-23-21-10-9-19-15-20(32-26(29)31)16-25(30)28(19,5)24(21)13-14-27(22,23)4/h9,17-18,20-25,30H,6-8,10-16H2,1-5H3,(H2,29,31)/t18-,20-,21+,22-,23+,24+,25?,27-,28+/m1/s1. The molecule has 32 heavy (non-hydrogen) atoms. The molecule has 3 fully saturated rings. The fraction of sp³-hybridized carbons (Fsp3) is 0.893. The van der Waals surface area contributed by atoms with Gasteiger partial charge in [0.1, 0.15) is 6.10 Å². The van der Waals surface area contributed by atoms with Gasteiger partial charge in [-0.15, -0.1) is 0 Å². The van der Waals surface area contributed by atoms with E-state index >= 15 is 0 Å². The number of allylic oxidation sites excluding steroid dienone is 1. The third-order valence-corrected chi connectivity index (χ3v) is 10.6. The smallest absolute Gasteiger partial charge is 0.404 e. The molecule has 0 heterocycles. The number of carbonyl (C=O) groups is 1. The molecule has 1 unspecified atom stereocenters. The lowest BCUT2D eigenvalue weighted by Gasteiger charge is -2.59. The lowest BCUT2D eigenvalue weighted by atomic mass is 9.46. The molecule has 4 rings (SSSR count). The van der Waals surface area contributed by atoms with Crippen molar-refractivity contribution in [1.29, 1.82) is 0 Å². The average Bonchev–Trinajstić information content (AvgIpc) is 3.05. The molecular weight excluding hydrogens is 398 g/mol. The molecular formula is C28H47NO3. The van der Waals surface area contributed by atoms with Crippen LogP contribution in [0.4, 0.5) is 4.79 Å². The van der Waals surface area contributed by atoms with E-state index in [4.69, 9.17) is 10.5 Å². The van der Waals surface area contributed by atoms with Gasteiger partial charge in [0.25, 0.3) is 0 Å². The zero-order valence-corrected chi connectivity index (χ0v) is 21.1. The zero-order chi connectivity index (χ0) is 23.3. The summed E-state index contributed by atoms with van der Waals surface area (Å²) < 4.78 is 5.30. The largest absolute Gasteiger partial charge is 0.446 e. The number of hydrogen-bond donors (Lipinski definition) is 2. The van der Waals surface area contributed by atoms with Gasteiger partial charge in [0, 0.05) is 18.3 Å². The normalized spacial score (nSPS) is 44.3. The van der Waals surface area contributed by atoms with Gasteiger partial charge in [-0.1, -0.05) is 65.5 Å². The van der Waals surface area contributed by atoms with Crippen LogP contribution < -0.4 is 5.73 Å². The highest BCUT2D eigenvalue weighted by atomic mass is 16.6. The van der Waals surface area contributed by atoms with Gasteiger partial charge in [0.05, 0.1) is 6.10 Å². The number of ether oxygens (including phenoxy) is 1. The highest BCUT2D eigenvalue weighted by Gasteiger charge is 2.61. The molecule has 9 atom stereocenters. The first-order valence-corrected chi connectivity index (χ1v) is 13.4. The van der Waals surface area contributed by atoms with Crippen LogP contribution in [0.5, 0.6) is 0 Å².